The lowest BCUT2D eigenvalue weighted by molar-refractivity contribution is -0.132. The maximum absolute atomic E-state index is 12.1. The first-order valence-corrected chi connectivity index (χ1v) is 9.12. The van der Waals surface area contributed by atoms with Crippen molar-refractivity contribution in [2.45, 2.75) is 6.61 Å². The van der Waals surface area contributed by atoms with Gasteiger partial charge in [-0.15, -0.1) is 0 Å². The third-order valence-electron chi connectivity index (χ3n) is 3.71. The summed E-state index contributed by atoms with van der Waals surface area (Å²) in [5.74, 6) is -0.617. The topological polar surface area (TPSA) is 78.7 Å². The number of carbonyl (C=O) groups excluding carboxylic acids is 1. The van der Waals surface area contributed by atoms with E-state index in [0.29, 0.717) is 23.4 Å². The van der Waals surface area contributed by atoms with Crippen LogP contribution in [0.15, 0.2) is 63.3 Å². The molecule has 0 aromatic heterocycles. The van der Waals surface area contributed by atoms with Crippen LogP contribution in [0.4, 0.5) is 0 Å². The molecule has 0 atom stereocenters. The fourth-order valence-electron chi connectivity index (χ4n) is 2.42. The van der Waals surface area contributed by atoms with Gasteiger partial charge >= 0.3 is 5.97 Å². The predicted octanol–water partition coefficient (Wildman–Crippen LogP) is 3.54. The lowest BCUT2D eigenvalue weighted by Crippen LogP contribution is -2.20. The third kappa shape index (κ3) is 5.64. The number of esters is 1. The van der Waals surface area contributed by atoms with Gasteiger partial charge in [-0.2, -0.15) is 0 Å². The van der Waals surface area contributed by atoms with E-state index in [0.717, 1.165) is 10.0 Å². The fourth-order valence-corrected chi connectivity index (χ4v) is 2.90. The average molecular weight is 449 g/mol. The van der Waals surface area contributed by atoms with Crippen LogP contribution in [0.3, 0.4) is 0 Å². The Balaban J connectivity index is 2.31. The molecule has 7 nitrogen and oxygen atoms in total. The Bertz CT molecular complexity index is 853. The summed E-state index contributed by atoms with van der Waals surface area (Å²) < 4.78 is 10.7. The fraction of sp³-hybridized carbons (Fsp3) is 0.250. The number of carbonyl (C=O) groups is 1. The van der Waals surface area contributed by atoms with Crippen LogP contribution in [0.25, 0.3) is 0 Å². The first-order chi connectivity index (χ1) is 13.6. The predicted molar refractivity (Wildman–Crippen MR) is 109 cm³/mol. The number of oxime groups is 2. The molecule has 8 heteroatoms. The van der Waals surface area contributed by atoms with Crippen molar-refractivity contribution in [2.75, 3.05) is 27.9 Å². The zero-order valence-corrected chi connectivity index (χ0v) is 17.4. The third-order valence-corrected chi connectivity index (χ3v) is 4.45. The van der Waals surface area contributed by atoms with Crippen molar-refractivity contribution in [1.29, 1.82) is 0 Å². The normalized spacial score (nSPS) is 11.9. The monoisotopic (exact) mass is 448 g/mol. The van der Waals surface area contributed by atoms with Crippen molar-refractivity contribution in [3.8, 4) is 0 Å². The molecule has 0 fully saturated rings. The van der Waals surface area contributed by atoms with Gasteiger partial charge in [0.1, 0.15) is 19.4 Å². The van der Waals surface area contributed by atoms with E-state index >= 15 is 0 Å². The number of nitrogens with zero attached hydrogens (tertiary/aromatic N) is 2. The van der Waals surface area contributed by atoms with E-state index in [1.165, 1.54) is 14.2 Å². The number of hydrogen-bond acceptors (Lipinski definition) is 7. The van der Waals surface area contributed by atoms with Crippen LogP contribution < -0.4 is 0 Å². The van der Waals surface area contributed by atoms with Crippen LogP contribution in [0.1, 0.15) is 16.7 Å². The standard InChI is InChI=1S/C20H21BrN2O5/c1-25-13-18(14-8-5-4-6-9-14)22-28-12-16-15(10-7-11-17(16)21)19(23-27-3)20(24)26-2/h4-11H,12-13H2,1-3H3/b22-18+,23-19+. The largest absolute Gasteiger partial charge is 0.464 e. The highest BCUT2D eigenvalue weighted by Gasteiger charge is 2.21. The Morgan fingerprint density at radius 3 is 2.39 bits per heavy atom. The van der Waals surface area contributed by atoms with E-state index in [2.05, 4.69) is 26.2 Å². The summed E-state index contributed by atoms with van der Waals surface area (Å²) in [6.45, 7) is 0.391. The van der Waals surface area contributed by atoms with Crippen LogP contribution in [0, 0.1) is 0 Å². The minimum Gasteiger partial charge on any atom is -0.464 e. The van der Waals surface area contributed by atoms with Gasteiger partial charge in [-0.05, 0) is 6.07 Å². The van der Waals surface area contributed by atoms with Crippen LogP contribution >= 0.6 is 15.9 Å². The van der Waals surface area contributed by atoms with Gasteiger partial charge in [0.2, 0.25) is 0 Å². The summed E-state index contributed by atoms with van der Waals surface area (Å²) in [4.78, 5) is 22.5. The molecule has 0 saturated carbocycles. The van der Waals surface area contributed by atoms with Gasteiger partial charge in [-0.25, -0.2) is 4.79 Å². The van der Waals surface area contributed by atoms with E-state index < -0.39 is 5.97 Å². The molecule has 0 saturated heterocycles. The van der Waals surface area contributed by atoms with Crippen LogP contribution in [0.2, 0.25) is 0 Å². The van der Waals surface area contributed by atoms with Gasteiger partial charge in [0.15, 0.2) is 5.71 Å². The molecular weight excluding hydrogens is 428 g/mol. The maximum Gasteiger partial charge on any atom is 0.360 e. The molecule has 0 aliphatic carbocycles. The minimum atomic E-state index is -0.617. The molecule has 0 amide bonds. The summed E-state index contributed by atoms with van der Waals surface area (Å²) in [5, 5.41) is 8.01. The SMILES string of the molecule is COC/C(=N\OCc1c(Br)cccc1/C(=N\OC)C(=O)OC)c1ccccc1. The van der Waals surface area contributed by atoms with Crippen molar-refractivity contribution < 1.29 is 23.9 Å². The second-order valence-corrected chi connectivity index (χ2v) is 6.34. The Morgan fingerprint density at radius 2 is 1.75 bits per heavy atom. The van der Waals surface area contributed by atoms with Crippen molar-refractivity contribution in [3.05, 3.63) is 69.7 Å². The van der Waals surface area contributed by atoms with Crippen LogP contribution in [0.5, 0.6) is 0 Å². The van der Waals surface area contributed by atoms with Crippen molar-refractivity contribution >= 4 is 33.3 Å². The molecule has 0 heterocycles. The second-order valence-electron chi connectivity index (χ2n) is 5.49. The van der Waals surface area contributed by atoms with Gasteiger partial charge in [-0.1, -0.05) is 68.7 Å². The van der Waals surface area contributed by atoms with Gasteiger partial charge in [0.25, 0.3) is 0 Å². The molecule has 2 aromatic rings. The van der Waals surface area contributed by atoms with Gasteiger partial charge in [0.05, 0.1) is 13.7 Å². The number of methoxy groups -OCH3 is 2. The number of ether oxygens (including phenoxy) is 2. The van der Waals surface area contributed by atoms with E-state index in [9.17, 15) is 4.79 Å². The highest BCUT2D eigenvalue weighted by Crippen LogP contribution is 2.23. The van der Waals surface area contributed by atoms with Crippen molar-refractivity contribution in [2.24, 2.45) is 10.3 Å². The Kier molecular flexibility index (Phi) is 8.64. The Morgan fingerprint density at radius 1 is 1.00 bits per heavy atom. The lowest BCUT2D eigenvalue weighted by Gasteiger charge is -2.12. The molecular formula is C20H21BrN2O5. The Hall–Kier alpha value is -2.71. The highest BCUT2D eigenvalue weighted by atomic mass is 79.9. The van der Waals surface area contributed by atoms with E-state index in [4.69, 9.17) is 19.1 Å². The Labute approximate surface area is 172 Å². The molecule has 0 N–H and O–H groups in total. The van der Waals surface area contributed by atoms with Crippen molar-refractivity contribution in [3.63, 3.8) is 0 Å². The van der Waals surface area contributed by atoms with Gasteiger partial charge in [-0.3, -0.25) is 0 Å². The second kappa shape index (κ2) is 11.2. The number of halogens is 1. The molecule has 28 heavy (non-hydrogen) atoms. The van der Waals surface area contributed by atoms with Gasteiger partial charge in [0, 0.05) is 28.3 Å². The smallest absolute Gasteiger partial charge is 0.360 e. The summed E-state index contributed by atoms with van der Waals surface area (Å²) in [7, 11) is 4.23. The number of hydrogen-bond donors (Lipinski definition) is 0. The average Bonchev–Trinajstić information content (AvgIpc) is 2.72. The highest BCUT2D eigenvalue weighted by molar-refractivity contribution is 9.10. The van der Waals surface area contributed by atoms with E-state index in [1.807, 2.05) is 36.4 Å². The molecule has 0 bridgehead atoms. The number of benzene rings is 2. The summed E-state index contributed by atoms with van der Waals surface area (Å²) in [6.07, 6.45) is 0. The first kappa shape index (κ1) is 21.6. The zero-order valence-electron chi connectivity index (χ0n) is 15.8. The van der Waals surface area contributed by atoms with Crippen molar-refractivity contribution in [1.82, 2.24) is 0 Å². The molecule has 148 valence electrons. The summed E-state index contributed by atoms with van der Waals surface area (Å²) in [5.41, 5.74) is 2.78. The summed E-state index contributed by atoms with van der Waals surface area (Å²) >= 11 is 3.48. The molecule has 0 aliphatic rings. The van der Waals surface area contributed by atoms with Crippen LogP contribution in [-0.2, 0) is 30.6 Å². The molecule has 0 unspecified atom stereocenters. The molecule has 2 rings (SSSR count). The number of rotatable bonds is 9. The van der Waals surface area contributed by atoms with Gasteiger partial charge < -0.3 is 19.1 Å². The van der Waals surface area contributed by atoms with E-state index in [1.54, 1.807) is 19.2 Å². The summed E-state index contributed by atoms with van der Waals surface area (Å²) in [6, 6.07) is 14.9. The first-order valence-electron chi connectivity index (χ1n) is 8.32. The molecule has 0 radical (unpaired) electrons. The lowest BCUT2D eigenvalue weighted by atomic mass is 10.0. The molecule has 0 spiro atoms. The maximum atomic E-state index is 12.1. The molecule has 0 aliphatic heterocycles. The quantitative estimate of drug-likeness (QED) is 0.333. The van der Waals surface area contributed by atoms with E-state index in [-0.39, 0.29) is 12.3 Å². The van der Waals surface area contributed by atoms with Crippen LogP contribution in [-0.4, -0.2) is 45.3 Å². The zero-order chi connectivity index (χ0) is 20.4. The molecule has 2 aromatic carbocycles. The minimum absolute atomic E-state index is 0.0362.